The van der Waals surface area contributed by atoms with Crippen LogP contribution in [0.5, 0.6) is 5.75 Å². The molecule has 144 valence electrons. The van der Waals surface area contributed by atoms with Gasteiger partial charge in [-0.2, -0.15) is 5.26 Å². The number of para-hydroxylation sites is 1. The van der Waals surface area contributed by atoms with Crippen LogP contribution in [0.4, 0.5) is 0 Å². The third-order valence-electron chi connectivity index (χ3n) is 4.18. The molecule has 1 aromatic carbocycles. The van der Waals surface area contributed by atoms with Gasteiger partial charge < -0.3 is 24.4 Å². The summed E-state index contributed by atoms with van der Waals surface area (Å²) in [6.45, 7) is 1.75. The number of halogens is 1. The average molecular weight is 445 g/mol. The molecule has 0 saturated heterocycles. The van der Waals surface area contributed by atoms with Crippen LogP contribution in [0.3, 0.4) is 0 Å². The highest BCUT2D eigenvalue weighted by atomic mass is 79.9. The Kier molecular flexibility index (Phi) is 5.76. The van der Waals surface area contributed by atoms with Gasteiger partial charge in [0, 0.05) is 0 Å². The highest BCUT2D eigenvalue weighted by Gasteiger charge is 2.38. The molecule has 0 radical (unpaired) electrons. The molecule has 1 aliphatic heterocycles. The Morgan fingerprint density at radius 1 is 1.32 bits per heavy atom. The number of ether oxygens (including phenoxy) is 3. The van der Waals surface area contributed by atoms with E-state index < -0.39 is 11.9 Å². The number of hydrogen-bond donors (Lipinski definition) is 1. The lowest BCUT2D eigenvalue weighted by Gasteiger charge is -2.24. The van der Waals surface area contributed by atoms with Crippen LogP contribution in [0.1, 0.15) is 24.4 Å². The molecule has 1 aliphatic rings. The summed E-state index contributed by atoms with van der Waals surface area (Å²) in [5.74, 6) is 0.312. The van der Waals surface area contributed by atoms with Crippen molar-refractivity contribution in [1.29, 1.82) is 5.26 Å². The maximum Gasteiger partial charge on any atom is 0.338 e. The maximum absolute atomic E-state index is 12.3. The monoisotopic (exact) mass is 444 g/mol. The van der Waals surface area contributed by atoms with Crippen LogP contribution in [-0.2, 0) is 20.9 Å². The standard InChI is InChI=1S/C20H17BrN2O5/c1-11-17(20(24)25-2)18(13(9-22)19(23)27-11)16-8-7-12(28-16)10-26-15-6-4-3-5-14(15)21/h3-8,18H,10,23H2,1-2H3/t18-/m0/s1. The molecule has 0 amide bonds. The highest BCUT2D eigenvalue weighted by molar-refractivity contribution is 9.10. The van der Waals surface area contributed by atoms with E-state index >= 15 is 0 Å². The van der Waals surface area contributed by atoms with Crippen molar-refractivity contribution >= 4 is 21.9 Å². The molecule has 2 heterocycles. The van der Waals surface area contributed by atoms with E-state index in [-0.39, 0.29) is 29.4 Å². The average Bonchev–Trinajstić information content (AvgIpc) is 3.15. The van der Waals surface area contributed by atoms with Gasteiger partial charge in [0.25, 0.3) is 0 Å². The molecule has 1 aromatic heterocycles. The second kappa shape index (κ2) is 8.23. The highest BCUT2D eigenvalue weighted by Crippen LogP contribution is 2.40. The van der Waals surface area contributed by atoms with Crippen LogP contribution in [0.25, 0.3) is 0 Å². The van der Waals surface area contributed by atoms with Gasteiger partial charge in [0.2, 0.25) is 5.88 Å². The number of nitrogens with two attached hydrogens (primary N) is 1. The number of nitriles is 1. The van der Waals surface area contributed by atoms with Crippen molar-refractivity contribution < 1.29 is 23.4 Å². The largest absolute Gasteiger partial charge is 0.484 e. The van der Waals surface area contributed by atoms with E-state index in [0.717, 1.165) is 4.47 Å². The Balaban J connectivity index is 1.90. The first-order chi connectivity index (χ1) is 13.5. The minimum Gasteiger partial charge on any atom is -0.484 e. The molecule has 0 saturated carbocycles. The molecule has 8 heteroatoms. The number of carbonyl (C=O) groups excluding carboxylic acids is 1. The number of carbonyl (C=O) groups is 1. The minimum atomic E-state index is -0.816. The zero-order chi connectivity index (χ0) is 20.3. The molecule has 3 rings (SSSR count). The molecule has 0 aliphatic carbocycles. The van der Waals surface area contributed by atoms with Crippen LogP contribution < -0.4 is 10.5 Å². The van der Waals surface area contributed by atoms with Gasteiger partial charge in [0.1, 0.15) is 41.3 Å². The van der Waals surface area contributed by atoms with Crippen molar-refractivity contribution in [3.63, 3.8) is 0 Å². The molecule has 0 fully saturated rings. The summed E-state index contributed by atoms with van der Waals surface area (Å²) in [5, 5.41) is 9.53. The van der Waals surface area contributed by atoms with Gasteiger partial charge in [-0.25, -0.2) is 4.79 Å². The number of benzene rings is 1. The lowest BCUT2D eigenvalue weighted by atomic mass is 9.87. The SMILES string of the molecule is COC(=O)C1=C(C)OC(N)=C(C#N)[C@H]1c1ccc(COc2ccccc2Br)o1. The molecule has 0 bridgehead atoms. The smallest absolute Gasteiger partial charge is 0.338 e. The van der Waals surface area contributed by atoms with E-state index in [1.165, 1.54) is 7.11 Å². The van der Waals surface area contributed by atoms with Crippen molar-refractivity contribution in [1.82, 2.24) is 0 Å². The third kappa shape index (κ3) is 3.75. The van der Waals surface area contributed by atoms with Crippen LogP contribution in [-0.4, -0.2) is 13.1 Å². The predicted molar refractivity (Wildman–Crippen MR) is 103 cm³/mol. The maximum atomic E-state index is 12.3. The number of hydrogen-bond acceptors (Lipinski definition) is 7. The summed E-state index contributed by atoms with van der Waals surface area (Å²) in [4.78, 5) is 12.3. The van der Waals surface area contributed by atoms with Crippen LogP contribution in [0.2, 0.25) is 0 Å². The summed E-state index contributed by atoms with van der Waals surface area (Å²) < 4.78 is 22.6. The van der Waals surface area contributed by atoms with Crippen molar-refractivity contribution in [3.05, 3.63) is 75.2 Å². The molecule has 7 nitrogen and oxygen atoms in total. The fourth-order valence-corrected chi connectivity index (χ4v) is 3.28. The fraction of sp³-hybridized carbons (Fsp3) is 0.200. The van der Waals surface area contributed by atoms with E-state index in [4.69, 9.17) is 24.4 Å². The molecule has 2 N–H and O–H groups in total. The van der Waals surface area contributed by atoms with Gasteiger partial charge in [0.15, 0.2) is 0 Å². The zero-order valence-corrected chi connectivity index (χ0v) is 16.8. The number of rotatable bonds is 5. The van der Waals surface area contributed by atoms with Gasteiger partial charge >= 0.3 is 5.97 Å². The molecule has 1 atom stereocenters. The van der Waals surface area contributed by atoms with Crippen molar-refractivity contribution in [2.45, 2.75) is 19.4 Å². The Morgan fingerprint density at radius 2 is 2.07 bits per heavy atom. The first-order valence-electron chi connectivity index (χ1n) is 8.28. The van der Waals surface area contributed by atoms with Crippen LogP contribution in [0.15, 0.2) is 68.1 Å². The molecule has 2 aromatic rings. The summed E-state index contributed by atoms with van der Waals surface area (Å²) in [7, 11) is 1.26. The number of esters is 1. The normalized spacial score (nSPS) is 16.4. The van der Waals surface area contributed by atoms with E-state index in [1.54, 1.807) is 19.1 Å². The summed E-state index contributed by atoms with van der Waals surface area (Å²) >= 11 is 3.42. The quantitative estimate of drug-likeness (QED) is 0.696. The topological polar surface area (TPSA) is 108 Å². The van der Waals surface area contributed by atoms with Gasteiger partial charge in [-0.15, -0.1) is 0 Å². The number of furan rings is 1. The summed E-state index contributed by atoms with van der Waals surface area (Å²) in [6.07, 6.45) is 0. The molecule has 0 spiro atoms. The van der Waals surface area contributed by atoms with E-state index in [1.807, 2.05) is 30.3 Å². The van der Waals surface area contributed by atoms with E-state index in [9.17, 15) is 10.1 Å². The second-order valence-electron chi connectivity index (χ2n) is 5.91. The van der Waals surface area contributed by atoms with E-state index in [2.05, 4.69) is 15.9 Å². The fourth-order valence-electron chi connectivity index (χ4n) is 2.88. The summed E-state index contributed by atoms with van der Waals surface area (Å²) in [6, 6.07) is 12.8. The van der Waals surface area contributed by atoms with Gasteiger partial charge in [-0.3, -0.25) is 0 Å². The third-order valence-corrected chi connectivity index (χ3v) is 4.84. The Hall–Kier alpha value is -3.18. The van der Waals surface area contributed by atoms with E-state index in [0.29, 0.717) is 17.3 Å². The molecular formula is C20H17BrN2O5. The number of methoxy groups -OCH3 is 1. The number of allylic oxidation sites excluding steroid dienone is 2. The van der Waals surface area contributed by atoms with Gasteiger partial charge in [0.05, 0.1) is 23.1 Å². The van der Waals surface area contributed by atoms with Crippen LogP contribution in [0, 0.1) is 11.3 Å². The molecular weight excluding hydrogens is 428 g/mol. The minimum absolute atomic E-state index is 0.0694. The first-order valence-corrected chi connectivity index (χ1v) is 9.08. The van der Waals surface area contributed by atoms with Gasteiger partial charge in [-0.1, -0.05) is 12.1 Å². The van der Waals surface area contributed by atoms with Crippen LogP contribution >= 0.6 is 15.9 Å². The zero-order valence-electron chi connectivity index (χ0n) is 15.2. The Labute approximate surface area is 170 Å². The summed E-state index contributed by atoms with van der Waals surface area (Å²) in [5.41, 5.74) is 6.10. The Morgan fingerprint density at radius 3 is 2.75 bits per heavy atom. The predicted octanol–water partition coefficient (Wildman–Crippen LogP) is 3.88. The Bertz CT molecular complexity index is 1020. The first kappa shape index (κ1) is 19.6. The van der Waals surface area contributed by atoms with Crippen molar-refractivity contribution in [2.24, 2.45) is 5.73 Å². The van der Waals surface area contributed by atoms with Gasteiger partial charge in [-0.05, 0) is 47.1 Å². The van der Waals surface area contributed by atoms with Crippen molar-refractivity contribution in [3.8, 4) is 11.8 Å². The molecule has 28 heavy (non-hydrogen) atoms. The lowest BCUT2D eigenvalue weighted by molar-refractivity contribution is -0.136. The molecule has 0 unspecified atom stereocenters. The lowest BCUT2D eigenvalue weighted by Crippen LogP contribution is -2.24. The number of nitrogens with zero attached hydrogens (tertiary/aromatic N) is 1. The second-order valence-corrected chi connectivity index (χ2v) is 6.76. The van der Waals surface area contributed by atoms with Crippen molar-refractivity contribution in [2.75, 3.05) is 7.11 Å².